The third-order valence-corrected chi connectivity index (χ3v) is 3.09. The van der Waals surface area contributed by atoms with Gasteiger partial charge in [0, 0.05) is 37.3 Å². The van der Waals surface area contributed by atoms with Crippen molar-refractivity contribution in [2.45, 2.75) is 33.6 Å². The Morgan fingerprint density at radius 3 is 2.39 bits per heavy atom. The summed E-state index contributed by atoms with van der Waals surface area (Å²) in [5.41, 5.74) is 1.07. The normalized spacial score (nSPS) is 11.8. The molecular formula is C15H24N2O. The van der Waals surface area contributed by atoms with Gasteiger partial charge in [-0.1, -0.05) is 20.8 Å². The third-order valence-electron chi connectivity index (χ3n) is 3.09. The van der Waals surface area contributed by atoms with Crippen LogP contribution < -0.4 is 0 Å². The molecule has 0 saturated heterocycles. The van der Waals surface area contributed by atoms with Gasteiger partial charge in [-0.15, -0.1) is 0 Å². The van der Waals surface area contributed by atoms with E-state index < -0.39 is 0 Å². The van der Waals surface area contributed by atoms with Crippen LogP contribution in [0.15, 0.2) is 24.5 Å². The quantitative estimate of drug-likeness (QED) is 0.775. The van der Waals surface area contributed by atoms with Crippen molar-refractivity contribution in [1.29, 1.82) is 0 Å². The first kappa shape index (κ1) is 14.8. The third kappa shape index (κ3) is 5.41. The fourth-order valence-corrected chi connectivity index (χ4v) is 1.65. The maximum absolute atomic E-state index is 11.8. The van der Waals surface area contributed by atoms with Crippen molar-refractivity contribution in [3.8, 4) is 0 Å². The summed E-state index contributed by atoms with van der Waals surface area (Å²) in [4.78, 5) is 18.0. The second-order valence-corrected chi connectivity index (χ2v) is 5.83. The monoisotopic (exact) mass is 248 g/mol. The summed E-state index contributed by atoms with van der Waals surface area (Å²) in [5, 5.41) is 0. The Bertz CT molecular complexity index is 368. The van der Waals surface area contributed by atoms with Gasteiger partial charge in [-0.05, 0) is 31.2 Å². The first-order chi connectivity index (χ1) is 8.39. The molecule has 3 nitrogen and oxygen atoms in total. The average molecular weight is 248 g/mol. The lowest BCUT2D eigenvalue weighted by Gasteiger charge is -2.20. The molecule has 100 valence electrons. The Kier molecular flexibility index (Phi) is 5.48. The van der Waals surface area contributed by atoms with Gasteiger partial charge in [0.2, 0.25) is 0 Å². The maximum atomic E-state index is 11.8. The van der Waals surface area contributed by atoms with Gasteiger partial charge in [-0.2, -0.15) is 0 Å². The molecule has 0 spiro atoms. The van der Waals surface area contributed by atoms with Gasteiger partial charge >= 0.3 is 0 Å². The highest BCUT2D eigenvalue weighted by Gasteiger charge is 2.20. The zero-order valence-electron chi connectivity index (χ0n) is 11.9. The first-order valence-electron chi connectivity index (χ1n) is 6.50. The molecule has 1 aromatic rings. The minimum Gasteiger partial charge on any atom is -0.306 e. The number of hydrogen-bond acceptors (Lipinski definition) is 3. The topological polar surface area (TPSA) is 33.2 Å². The summed E-state index contributed by atoms with van der Waals surface area (Å²) in [7, 11) is 2.07. The van der Waals surface area contributed by atoms with E-state index in [2.05, 4.69) is 16.9 Å². The molecule has 0 aliphatic carbocycles. The van der Waals surface area contributed by atoms with Crippen LogP contribution in [-0.2, 0) is 11.2 Å². The van der Waals surface area contributed by atoms with Crippen molar-refractivity contribution in [3.05, 3.63) is 30.1 Å². The number of pyridine rings is 1. The molecule has 1 aromatic heterocycles. The van der Waals surface area contributed by atoms with Gasteiger partial charge in [0.25, 0.3) is 0 Å². The lowest BCUT2D eigenvalue weighted by molar-refractivity contribution is -0.126. The number of carbonyl (C=O) groups excluding carboxylic acids is 1. The van der Waals surface area contributed by atoms with Gasteiger partial charge in [0.1, 0.15) is 5.78 Å². The highest BCUT2D eigenvalue weighted by molar-refractivity contribution is 5.83. The Morgan fingerprint density at radius 2 is 1.83 bits per heavy atom. The highest BCUT2D eigenvalue weighted by atomic mass is 16.1. The molecule has 1 rings (SSSR count). The van der Waals surface area contributed by atoms with E-state index >= 15 is 0 Å². The molecule has 0 radical (unpaired) electrons. The fourth-order valence-electron chi connectivity index (χ4n) is 1.65. The smallest absolute Gasteiger partial charge is 0.139 e. The number of likely N-dealkylation sites (N-methyl/N-ethyl adjacent to an activating group) is 1. The van der Waals surface area contributed by atoms with E-state index in [9.17, 15) is 4.79 Å². The van der Waals surface area contributed by atoms with E-state index in [0.29, 0.717) is 12.2 Å². The standard InChI is InChI=1S/C15H24N2O/c1-15(2,3)14(18)8-12-17(4)11-7-13-5-9-16-10-6-13/h5-6,9-10H,7-8,11-12H2,1-4H3. The minimum atomic E-state index is -0.216. The molecule has 0 fully saturated rings. The number of Topliss-reactive ketones (excluding diaryl/α,β-unsaturated/α-hetero) is 1. The zero-order valence-corrected chi connectivity index (χ0v) is 11.9. The van der Waals surface area contributed by atoms with E-state index in [0.717, 1.165) is 19.5 Å². The molecule has 0 unspecified atom stereocenters. The van der Waals surface area contributed by atoms with Crippen LogP contribution >= 0.6 is 0 Å². The second kappa shape index (κ2) is 6.64. The maximum Gasteiger partial charge on any atom is 0.139 e. The van der Waals surface area contributed by atoms with Gasteiger partial charge in [0.05, 0.1) is 0 Å². The number of nitrogens with zero attached hydrogens (tertiary/aromatic N) is 2. The van der Waals surface area contributed by atoms with Crippen LogP contribution in [0.4, 0.5) is 0 Å². The number of ketones is 1. The summed E-state index contributed by atoms with van der Waals surface area (Å²) >= 11 is 0. The van der Waals surface area contributed by atoms with E-state index in [1.165, 1.54) is 5.56 Å². The van der Waals surface area contributed by atoms with E-state index in [-0.39, 0.29) is 5.41 Å². The van der Waals surface area contributed by atoms with Crippen LogP contribution in [0.3, 0.4) is 0 Å². The summed E-state index contributed by atoms with van der Waals surface area (Å²) in [6, 6.07) is 4.07. The number of aromatic nitrogens is 1. The zero-order chi connectivity index (χ0) is 13.6. The van der Waals surface area contributed by atoms with Crippen molar-refractivity contribution in [2.75, 3.05) is 20.1 Å². The predicted octanol–water partition coefficient (Wildman–Crippen LogP) is 2.56. The molecule has 0 amide bonds. The molecular weight excluding hydrogens is 224 g/mol. The average Bonchev–Trinajstić information content (AvgIpc) is 2.33. The number of rotatable bonds is 6. The van der Waals surface area contributed by atoms with Gasteiger partial charge < -0.3 is 4.90 Å². The van der Waals surface area contributed by atoms with Crippen molar-refractivity contribution in [1.82, 2.24) is 9.88 Å². The Morgan fingerprint density at radius 1 is 1.22 bits per heavy atom. The van der Waals surface area contributed by atoms with Crippen LogP contribution in [0.1, 0.15) is 32.8 Å². The number of carbonyl (C=O) groups is 1. The molecule has 18 heavy (non-hydrogen) atoms. The Balaban J connectivity index is 2.26. The largest absolute Gasteiger partial charge is 0.306 e. The molecule has 0 saturated carbocycles. The lowest BCUT2D eigenvalue weighted by Crippen LogP contribution is -2.28. The van der Waals surface area contributed by atoms with Crippen LogP contribution in [0.5, 0.6) is 0 Å². The van der Waals surface area contributed by atoms with Gasteiger partial charge in [-0.25, -0.2) is 0 Å². The molecule has 0 aliphatic heterocycles. The Labute approximate surface area is 110 Å². The van der Waals surface area contributed by atoms with Crippen molar-refractivity contribution in [2.24, 2.45) is 5.41 Å². The summed E-state index contributed by atoms with van der Waals surface area (Å²) in [6.45, 7) is 7.74. The van der Waals surface area contributed by atoms with Crippen LogP contribution in [-0.4, -0.2) is 35.8 Å². The number of hydrogen-bond donors (Lipinski definition) is 0. The second-order valence-electron chi connectivity index (χ2n) is 5.83. The molecule has 0 aliphatic rings. The molecule has 0 atom stereocenters. The van der Waals surface area contributed by atoms with Crippen LogP contribution in [0, 0.1) is 5.41 Å². The summed E-state index contributed by atoms with van der Waals surface area (Å²) in [5.74, 6) is 0.332. The minimum absolute atomic E-state index is 0.216. The molecule has 0 bridgehead atoms. The molecule has 0 N–H and O–H groups in total. The molecule has 0 aromatic carbocycles. The van der Waals surface area contributed by atoms with E-state index in [1.54, 1.807) is 0 Å². The SMILES string of the molecule is CN(CCC(=O)C(C)(C)C)CCc1ccncc1. The molecule has 3 heteroatoms. The van der Waals surface area contributed by atoms with Crippen LogP contribution in [0.2, 0.25) is 0 Å². The fraction of sp³-hybridized carbons (Fsp3) is 0.600. The van der Waals surface area contributed by atoms with Gasteiger partial charge in [0.15, 0.2) is 0 Å². The van der Waals surface area contributed by atoms with E-state index in [1.807, 2.05) is 45.3 Å². The summed E-state index contributed by atoms with van der Waals surface area (Å²) in [6.07, 6.45) is 5.27. The Hall–Kier alpha value is -1.22. The van der Waals surface area contributed by atoms with Crippen molar-refractivity contribution < 1.29 is 4.79 Å². The van der Waals surface area contributed by atoms with Crippen molar-refractivity contribution in [3.63, 3.8) is 0 Å². The highest BCUT2D eigenvalue weighted by Crippen LogP contribution is 2.16. The van der Waals surface area contributed by atoms with Gasteiger partial charge in [-0.3, -0.25) is 9.78 Å². The van der Waals surface area contributed by atoms with E-state index in [4.69, 9.17) is 0 Å². The summed E-state index contributed by atoms with van der Waals surface area (Å²) < 4.78 is 0. The lowest BCUT2D eigenvalue weighted by atomic mass is 9.89. The predicted molar refractivity (Wildman–Crippen MR) is 74.5 cm³/mol. The molecule has 1 heterocycles. The first-order valence-corrected chi connectivity index (χ1v) is 6.50. The van der Waals surface area contributed by atoms with Crippen molar-refractivity contribution >= 4 is 5.78 Å². The van der Waals surface area contributed by atoms with Crippen LogP contribution in [0.25, 0.3) is 0 Å².